The van der Waals surface area contributed by atoms with Crippen molar-refractivity contribution in [1.29, 1.82) is 0 Å². The summed E-state index contributed by atoms with van der Waals surface area (Å²) in [4.78, 5) is 4.33. The highest BCUT2D eigenvalue weighted by atomic mass is 16.3. The first kappa shape index (κ1) is 16.6. The first-order valence-electron chi connectivity index (χ1n) is 7.92. The monoisotopic (exact) mass is 302 g/mol. The number of hydrogen-bond donors (Lipinski definition) is 2. The minimum Gasteiger partial charge on any atom is -0.389 e. The van der Waals surface area contributed by atoms with Crippen LogP contribution < -0.4 is 5.32 Å². The quantitative estimate of drug-likeness (QED) is 0.825. The molecule has 120 valence electrons. The van der Waals surface area contributed by atoms with Gasteiger partial charge < -0.3 is 10.4 Å². The SMILES string of the molecule is CCC(O)(CC)CNC(C)c1cnn(-c2ccccn2)c1C. The molecule has 0 aliphatic heterocycles. The average molecular weight is 302 g/mol. The summed E-state index contributed by atoms with van der Waals surface area (Å²) in [6.45, 7) is 8.75. The molecule has 0 amide bonds. The third-order valence-electron chi connectivity index (χ3n) is 4.43. The molecule has 22 heavy (non-hydrogen) atoms. The van der Waals surface area contributed by atoms with Gasteiger partial charge in [0.1, 0.15) is 0 Å². The molecule has 2 rings (SSSR count). The predicted octanol–water partition coefficient (Wildman–Crippen LogP) is 2.78. The van der Waals surface area contributed by atoms with E-state index in [1.54, 1.807) is 6.20 Å². The van der Waals surface area contributed by atoms with Crippen LogP contribution in [0.25, 0.3) is 5.82 Å². The van der Waals surface area contributed by atoms with Gasteiger partial charge in [0.05, 0.1) is 11.8 Å². The van der Waals surface area contributed by atoms with E-state index < -0.39 is 5.60 Å². The highest BCUT2D eigenvalue weighted by Gasteiger charge is 2.23. The van der Waals surface area contributed by atoms with Gasteiger partial charge in [0, 0.05) is 30.0 Å². The largest absolute Gasteiger partial charge is 0.389 e. The molecule has 0 fully saturated rings. The highest BCUT2D eigenvalue weighted by Crippen LogP contribution is 2.21. The van der Waals surface area contributed by atoms with Crippen molar-refractivity contribution in [1.82, 2.24) is 20.1 Å². The minimum absolute atomic E-state index is 0.127. The molecule has 5 heteroatoms. The predicted molar refractivity (Wildman–Crippen MR) is 88.0 cm³/mol. The normalized spacial score (nSPS) is 13.3. The Kier molecular flexibility index (Phi) is 5.32. The van der Waals surface area contributed by atoms with Crippen LogP contribution >= 0.6 is 0 Å². The first-order chi connectivity index (χ1) is 10.5. The number of aliphatic hydroxyl groups is 1. The summed E-state index contributed by atoms with van der Waals surface area (Å²) in [5, 5.41) is 18.3. The molecule has 2 aromatic rings. The van der Waals surface area contributed by atoms with Crippen molar-refractivity contribution in [2.75, 3.05) is 6.54 Å². The molecule has 0 bridgehead atoms. The van der Waals surface area contributed by atoms with Gasteiger partial charge in [0.2, 0.25) is 0 Å². The van der Waals surface area contributed by atoms with Crippen molar-refractivity contribution in [2.24, 2.45) is 0 Å². The van der Waals surface area contributed by atoms with Crippen molar-refractivity contribution in [2.45, 2.75) is 52.2 Å². The molecular weight excluding hydrogens is 276 g/mol. The Morgan fingerprint density at radius 3 is 2.64 bits per heavy atom. The lowest BCUT2D eigenvalue weighted by Crippen LogP contribution is -2.40. The van der Waals surface area contributed by atoms with Gasteiger partial charge >= 0.3 is 0 Å². The Labute approximate surface area is 132 Å². The number of aromatic nitrogens is 3. The van der Waals surface area contributed by atoms with Gasteiger partial charge in [-0.2, -0.15) is 5.10 Å². The Morgan fingerprint density at radius 2 is 2.05 bits per heavy atom. The van der Waals surface area contributed by atoms with Gasteiger partial charge in [-0.1, -0.05) is 19.9 Å². The molecule has 2 aromatic heterocycles. The van der Waals surface area contributed by atoms with Gasteiger partial charge in [-0.15, -0.1) is 0 Å². The Hall–Kier alpha value is -1.72. The van der Waals surface area contributed by atoms with Gasteiger partial charge in [0.25, 0.3) is 0 Å². The Balaban J connectivity index is 2.12. The Morgan fingerprint density at radius 1 is 1.32 bits per heavy atom. The van der Waals surface area contributed by atoms with Crippen LogP contribution in [0, 0.1) is 6.92 Å². The molecule has 0 aliphatic rings. The molecule has 2 heterocycles. The molecule has 0 saturated heterocycles. The van der Waals surface area contributed by atoms with Crippen LogP contribution in [0.2, 0.25) is 0 Å². The van der Waals surface area contributed by atoms with Crippen LogP contribution in [0.4, 0.5) is 0 Å². The van der Waals surface area contributed by atoms with Gasteiger partial charge in [-0.3, -0.25) is 0 Å². The third kappa shape index (κ3) is 3.54. The summed E-state index contributed by atoms with van der Waals surface area (Å²) in [6.07, 6.45) is 5.13. The number of hydrogen-bond acceptors (Lipinski definition) is 4. The van der Waals surface area contributed by atoms with Crippen molar-refractivity contribution in [3.05, 3.63) is 41.9 Å². The first-order valence-corrected chi connectivity index (χ1v) is 7.92. The summed E-state index contributed by atoms with van der Waals surface area (Å²) in [7, 11) is 0. The van der Waals surface area contributed by atoms with Crippen LogP contribution in [-0.4, -0.2) is 32.0 Å². The second-order valence-electron chi connectivity index (χ2n) is 5.82. The summed E-state index contributed by atoms with van der Waals surface area (Å²) >= 11 is 0. The second-order valence-corrected chi connectivity index (χ2v) is 5.82. The fourth-order valence-corrected chi connectivity index (χ4v) is 2.51. The molecule has 5 nitrogen and oxygen atoms in total. The zero-order valence-electron chi connectivity index (χ0n) is 13.9. The zero-order valence-corrected chi connectivity index (χ0v) is 13.9. The van der Waals surface area contributed by atoms with Gasteiger partial charge in [0.15, 0.2) is 5.82 Å². The summed E-state index contributed by atoms with van der Waals surface area (Å²) in [5.41, 5.74) is 1.55. The van der Waals surface area contributed by atoms with E-state index in [1.807, 2.05) is 49.8 Å². The van der Waals surface area contributed by atoms with Crippen molar-refractivity contribution < 1.29 is 5.11 Å². The van der Waals surface area contributed by atoms with Gasteiger partial charge in [-0.25, -0.2) is 9.67 Å². The average Bonchev–Trinajstić information content (AvgIpc) is 2.95. The molecule has 1 unspecified atom stereocenters. The highest BCUT2D eigenvalue weighted by molar-refractivity contribution is 5.29. The van der Waals surface area contributed by atoms with E-state index in [9.17, 15) is 5.11 Å². The second kappa shape index (κ2) is 7.03. The molecule has 0 aromatic carbocycles. The van der Waals surface area contributed by atoms with Crippen LogP contribution in [0.5, 0.6) is 0 Å². The van der Waals surface area contributed by atoms with E-state index in [2.05, 4.69) is 22.3 Å². The van der Waals surface area contributed by atoms with Crippen molar-refractivity contribution in [3.8, 4) is 5.82 Å². The summed E-state index contributed by atoms with van der Waals surface area (Å²) in [6, 6.07) is 5.91. The maximum absolute atomic E-state index is 10.4. The molecule has 0 aliphatic carbocycles. The fourth-order valence-electron chi connectivity index (χ4n) is 2.51. The number of nitrogens with one attached hydrogen (secondary N) is 1. The summed E-state index contributed by atoms with van der Waals surface area (Å²) < 4.78 is 1.85. The van der Waals surface area contributed by atoms with Crippen LogP contribution in [0.15, 0.2) is 30.6 Å². The van der Waals surface area contributed by atoms with E-state index in [0.717, 1.165) is 29.9 Å². The Bertz CT molecular complexity index is 590. The van der Waals surface area contributed by atoms with E-state index in [4.69, 9.17) is 0 Å². The topological polar surface area (TPSA) is 63.0 Å². The number of pyridine rings is 1. The third-order valence-corrected chi connectivity index (χ3v) is 4.43. The minimum atomic E-state index is -0.640. The molecule has 1 atom stereocenters. The van der Waals surface area contributed by atoms with E-state index in [-0.39, 0.29) is 6.04 Å². The van der Waals surface area contributed by atoms with E-state index >= 15 is 0 Å². The maximum atomic E-state index is 10.4. The lowest BCUT2D eigenvalue weighted by atomic mass is 9.97. The van der Waals surface area contributed by atoms with Crippen LogP contribution in [0.1, 0.15) is 50.9 Å². The van der Waals surface area contributed by atoms with Gasteiger partial charge in [-0.05, 0) is 38.8 Å². The lowest BCUT2D eigenvalue weighted by molar-refractivity contribution is 0.0303. The zero-order chi connectivity index (χ0) is 16.2. The standard InChI is InChI=1S/C17H26N4O/c1-5-17(22,6-2)12-19-13(3)15-11-20-21(14(15)4)16-9-7-8-10-18-16/h7-11,13,19,22H,5-6,12H2,1-4H3. The molecule has 0 spiro atoms. The molecule has 0 saturated carbocycles. The number of rotatable bonds is 7. The molecular formula is C17H26N4O. The van der Waals surface area contributed by atoms with Crippen LogP contribution in [-0.2, 0) is 0 Å². The molecule has 2 N–H and O–H groups in total. The van der Waals surface area contributed by atoms with E-state index in [1.165, 1.54) is 0 Å². The van der Waals surface area contributed by atoms with Crippen LogP contribution in [0.3, 0.4) is 0 Å². The fraction of sp³-hybridized carbons (Fsp3) is 0.529. The maximum Gasteiger partial charge on any atom is 0.153 e. The van der Waals surface area contributed by atoms with E-state index in [0.29, 0.717) is 6.54 Å². The smallest absolute Gasteiger partial charge is 0.153 e. The summed E-state index contributed by atoms with van der Waals surface area (Å²) in [5.74, 6) is 0.817. The van der Waals surface area contributed by atoms with Crippen molar-refractivity contribution >= 4 is 0 Å². The number of nitrogens with zero attached hydrogens (tertiary/aromatic N) is 3. The lowest BCUT2D eigenvalue weighted by Gasteiger charge is -2.27. The van der Waals surface area contributed by atoms with Crippen molar-refractivity contribution in [3.63, 3.8) is 0 Å². The molecule has 0 radical (unpaired) electrons.